The quantitative estimate of drug-likeness (QED) is 0.773. The first-order chi connectivity index (χ1) is 11.3. The largest absolute Gasteiger partial charge is 0.508 e. The number of phenolic OH excluding ortho intramolecular Hbond substituents is 3. The molecule has 0 saturated heterocycles. The minimum atomic E-state index is -0.332. The van der Waals surface area contributed by atoms with Gasteiger partial charge in [-0.25, -0.2) is 0 Å². The first-order valence-corrected chi connectivity index (χ1v) is 8.01. The summed E-state index contributed by atoms with van der Waals surface area (Å²) in [4.78, 5) is 14.3. The van der Waals surface area contributed by atoms with E-state index in [9.17, 15) is 20.1 Å². The van der Waals surface area contributed by atoms with Crippen molar-refractivity contribution in [1.82, 2.24) is 4.90 Å². The van der Waals surface area contributed by atoms with Gasteiger partial charge in [0.25, 0.3) is 5.91 Å². The van der Waals surface area contributed by atoms with Crippen molar-refractivity contribution in [1.29, 1.82) is 0 Å². The molecule has 0 fully saturated rings. The summed E-state index contributed by atoms with van der Waals surface area (Å²) in [5.74, 6) is -0.608. The van der Waals surface area contributed by atoms with Crippen LogP contribution in [0.4, 0.5) is 0 Å². The summed E-state index contributed by atoms with van der Waals surface area (Å²) >= 11 is 5.91. The second kappa shape index (κ2) is 5.91. The molecule has 1 amide bonds. The van der Waals surface area contributed by atoms with Crippen molar-refractivity contribution in [2.45, 2.75) is 32.9 Å². The predicted octanol–water partition coefficient (Wildman–Crippen LogP) is 3.74. The molecule has 0 aromatic heterocycles. The van der Waals surface area contributed by atoms with Crippen LogP contribution >= 0.6 is 11.6 Å². The molecule has 0 bridgehead atoms. The lowest BCUT2D eigenvalue weighted by Gasteiger charge is -2.18. The zero-order valence-electron chi connectivity index (χ0n) is 13.4. The molecule has 0 radical (unpaired) electrons. The lowest BCUT2D eigenvalue weighted by molar-refractivity contribution is 0.0748. The van der Waals surface area contributed by atoms with Crippen molar-refractivity contribution in [2.75, 3.05) is 0 Å². The average molecular weight is 348 g/mol. The summed E-state index contributed by atoms with van der Waals surface area (Å²) < 4.78 is 0. The lowest BCUT2D eigenvalue weighted by atomic mass is 9.98. The van der Waals surface area contributed by atoms with Crippen LogP contribution in [0.1, 0.15) is 46.8 Å². The monoisotopic (exact) mass is 347 g/mol. The Hall–Kier alpha value is -2.40. The van der Waals surface area contributed by atoms with Gasteiger partial charge >= 0.3 is 0 Å². The van der Waals surface area contributed by atoms with Crippen LogP contribution in [-0.2, 0) is 13.1 Å². The molecule has 1 aliphatic heterocycles. The van der Waals surface area contributed by atoms with E-state index in [1.807, 2.05) is 13.8 Å². The first-order valence-electron chi connectivity index (χ1n) is 7.63. The molecule has 1 heterocycles. The Labute approximate surface area is 144 Å². The molecular weight excluding hydrogens is 330 g/mol. The van der Waals surface area contributed by atoms with Gasteiger partial charge in [0, 0.05) is 19.2 Å². The molecule has 0 atom stereocenters. The normalized spacial score (nSPS) is 13.4. The highest BCUT2D eigenvalue weighted by Gasteiger charge is 2.28. The van der Waals surface area contributed by atoms with E-state index in [-0.39, 0.29) is 39.7 Å². The Balaban J connectivity index is 1.93. The van der Waals surface area contributed by atoms with Gasteiger partial charge in [-0.1, -0.05) is 25.4 Å². The molecule has 6 heteroatoms. The fraction of sp³-hybridized carbons (Fsp3) is 0.278. The molecule has 0 saturated carbocycles. The molecular formula is C18H18ClNO4. The van der Waals surface area contributed by atoms with Crippen molar-refractivity contribution in [3.8, 4) is 17.2 Å². The zero-order valence-corrected chi connectivity index (χ0v) is 14.1. The van der Waals surface area contributed by atoms with E-state index in [1.165, 1.54) is 12.1 Å². The molecule has 0 unspecified atom stereocenters. The van der Waals surface area contributed by atoms with Crippen molar-refractivity contribution >= 4 is 17.5 Å². The smallest absolute Gasteiger partial charge is 0.258 e. The third kappa shape index (κ3) is 2.76. The van der Waals surface area contributed by atoms with Crippen LogP contribution in [0.5, 0.6) is 17.2 Å². The highest BCUT2D eigenvalue weighted by atomic mass is 35.5. The van der Waals surface area contributed by atoms with Crippen LogP contribution in [0.2, 0.25) is 5.02 Å². The average Bonchev–Trinajstić information content (AvgIpc) is 2.89. The summed E-state index contributed by atoms with van der Waals surface area (Å²) in [6.45, 7) is 4.48. The molecule has 2 aromatic rings. The molecule has 1 aliphatic rings. The fourth-order valence-electron chi connectivity index (χ4n) is 2.95. The molecule has 5 nitrogen and oxygen atoms in total. The number of carbonyl (C=O) groups excluding carboxylic acids is 1. The minimum absolute atomic E-state index is 0.0145. The van der Waals surface area contributed by atoms with E-state index >= 15 is 0 Å². The summed E-state index contributed by atoms with van der Waals surface area (Å²) in [5.41, 5.74) is 2.45. The topological polar surface area (TPSA) is 81.0 Å². The minimum Gasteiger partial charge on any atom is -0.508 e. The van der Waals surface area contributed by atoms with E-state index in [0.717, 1.165) is 11.1 Å². The highest BCUT2D eigenvalue weighted by molar-refractivity contribution is 6.32. The molecule has 0 spiro atoms. The number of benzene rings is 2. The molecule has 2 aromatic carbocycles. The Bertz CT molecular complexity index is 801. The second-order valence-electron chi connectivity index (χ2n) is 6.32. The third-order valence-electron chi connectivity index (χ3n) is 4.28. The number of carbonyl (C=O) groups is 1. The maximum Gasteiger partial charge on any atom is 0.258 e. The molecule has 24 heavy (non-hydrogen) atoms. The summed E-state index contributed by atoms with van der Waals surface area (Å²) in [5, 5.41) is 29.9. The van der Waals surface area contributed by atoms with Gasteiger partial charge in [-0.2, -0.15) is 0 Å². The SMILES string of the molecule is CC(C)c1cc(C(=O)N2Cc3cc(O)c(Cl)cc3C2)c(O)cc1O. The summed E-state index contributed by atoms with van der Waals surface area (Å²) in [6.07, 6.45) is 0. The maximum absolute atomic E-state index is 12.8. The lowest BCUT2D eigenvalue weighted by Crippen LogP contribution is -2.25. The summed E-state index contributed by atoms with van der Waals surface area (Å²) in [7, 11) is 0. The van der Waals surface area contributed by atoms with Gasteiger partial charge in [0.15, 0.2) is 0 Å². The first kappa shape index (κ1) is 16.5. The van der Waals surface area contributed by atoms with Crippen molar-refractivity contribution < 1.29 is 20.1 Å². The number of phenols is 3. The van der Waals surface area contributed by atoms with Gasteiger partial charge in [-0.15, -0.1) is 0 Å². The number of fused-ring (bicyclic) bond motifs is 1. The van der Waals surface area contributed by atoms with Gasteiger partial charge in [0.05, 0.1) is 10.6 Å². The predicted molar refractivity (Wildman–Crippen MR) is 90.6 cm³/mol. The number of rotatable bonds is 2. The fourth-order valence-corrected chi connectivity index (χ4v) is 3.14. The Morgan fingerprint density at radius 1 is 1.00 bits per heavy atom. The Morgan fingerprint density at radius 3 is 2.25 bits per heavy atom. The molecule has 0 aliphatic carbocycles. The van der Waals surface area contributed by atoms with E-state index in [2.05, 4.69) is 0 Å². The van der Waals surface area contributed by atoms with Crippen LogP contribution in [0.15, 0.2) is 24.3 Å². The van der Waals surface area contributed by atoms with Gasteiger partial charge in [0.2, 0.25) is 0 Å². The van der Waals surface area contributed by atoms with Crippen molar-refractivity contribution in [3.63, 3.8) is 0 Å². The number of nitrogens with zero attached hydrogens (tertiary/aromatic N) is 1. The molecule has 3 N–H and O–H groups in total. The number of aromatic hydroxyl groups is 3. The molecule has 3 rings (SSSR count). The number of hydrogen-bond acceptors (Lipinski definition) is 4. The van der Waals surface area contributed by atoms with Crippen LogP contribution in [-0.4, -0.2) is 26.1 Å². The Morgan fingerprint density at radius 2 is 1.62 bits per heavy atom. The standard InChI is InChI=1S/C18H18ClNO4/c1-9(2)12-5-13(16(22)6-15(12)21)18(24)20-7-10-3-14(19)17(23)4-11(10)8-20/h3-6,9,21-23H,7-8H2,1-2H3. The van der Waals surface area contributed by atoms with Crippen LogP contribution < -0.4 is 0 Å². The number of amides is 1. The van der Waals surface area contributed by atoms with Crippen LogP contribution in [0, 0.1) is 0 Å². The van der Waals surface area contributed by atoms with Crippen LogP contribution in [0.3, 0.4) is 0 Å². The van der Waals surface area contributed by atoms with Gasteiger partial charge in [-0.3, -0.25) is 4.79 Å². The van der Waals surface area contributed by atoms with E-state index in [4.69, 9.17) is 11.6 Å². The van der Waals surface area contributed by atoms with E-state index < -0.39 is 0 Å². The molecule has 126 valence electrons. The van der Waals surface area contributed by atoms with Crippen molar-refractivity contribution in [3.05, 3.63) is 51.5 Å². The second-order valence-corrected chi connectivity index (χ2v) is 6.72. The van der Waals surface area contributed by atoms with Crippen LogP contribution in [0.25, 0.3) is 0 Å². The van der Waals surface area contributed by atoms with Gasteiger partial charge < -0.3 is 20.2 Å². The maximum atomic E-state index is 12.8. The van der Waals surface area contributed by atoms with Crippen molar-refractivity contribution in [2.24, 2.45) is 0 Å². The summed E-state index contributed by atoms with van der Waals surface area (Å²) in [6, 6.07) is 5.94. The number of hydrogen-bond donors (Lipinski definition) is 3. The number of halogens is 1. The van der Waals surface area contributed by atoms with Gasteiger partial charge in [0.1, 0.15) is 17.2 Å². The highest BCUT2D eigenvalue weighted by Crippen LogP contribution is 2.36. The van der Waals surface area contributed by atoms with Gasteiger partial charge in [-0.05, 0) is 40.8 Å². The zero-order chi connectivity index (χ0) is 17.6. The third-order valence-corrected chi connectivity index (χ3v) is 4.58. The van der Waals surface area contributed by atoms with E-state index in [0.29, 0.717) is 18.7 Å². The Kier molecular flexibility index (Phi) is 4.05. The van der Waals surface area contributed by atoms with E-state index in [1.54, 1.807) is 17.0 Å².